The highest BCUT2D eigenvalue weighted by molar-refractivity contribution is 6.30. The standard InChI is InChI=1S/C33H38N4O6/c1-7-20-19(6)32(42)37-27(20)14-25-18(5)23(10-12-31(40)41)29(35-25)15-28-22(9-11-30(38)39)17(4)24(34-28)13-26-16(3)21(8-2)33(43)36-26/h13-15,34-35H,7-12H2,1-6H3,(H,37,42)(H,38,39)(H,40,41)/b24-13?,27-14+,28-15?. The number of aromatic amines is 2. The zero-order valence-corrected chi connectivity index (χ0v) is 25.4. The Morgan fingerprint density at radius 1 is 0.744 bits per heavy atom. The summed E-state index contributed by atoms with van der Waals surface area (Å²) in [6, 6.07) is 0. The van der Waals surface area contributed by atoms with E-state index in [0.717, 1.165) is 44.4 Å². The molecule has 10 nitrogen and oxygen atoms in total. The number of aliphatic imine (C=N–C) groups is 1. The maximum atomic E-state index is 12.3. The molecule has 0 saturated carbocycles. The maximum absolute atomic E-state index is 12.3. The summed E-state index contributed by atoms with van der Waals surface area (Å²) in [6.45, 7) is 11.4. The SMILES string of the molecule is CCC1=C(C)C(C=c2[nH]c(=Cc3[nH]c(/C=C4/NC(=O)C(C)=C4CC)c(C)c3CCC(=O)O)c(CCC(=O)O)c2C)=NC1=O. The number of rotatable bonds is 11. The Kier molecular flexibility index (Phi) is 9.18. The molecule has 0 unspecified atom stereocenters. The van der Waals surface area contributed by atoms with Gasteiger partial charge in [-0.05, 0) is 105 Å². The van der Waals surface area contributed by atoms with E-state index in [1.165, 1.54) is 0 Å². The smallest absolute Gasteiger partial charge is 0.303 e. The van der Waals surface area contributed by atoms with Gasteiger partial charge in [0.25, 0.3) is 11.8 Å². The molecule has 226 valence electrons. The molecule has 10 heteroatoms. The highest BCUT2D eigenvalue weighted by Crippen LogP contribution is 2.28. The number of nitrogens with zero attached hydrogens (tertiary/aromatic N) is 1. The van der Waals surface area contributed by atoms with Crippen molar-refractivity contribution in [3.63, 3.8) is 0 Å². The second-order valence-corrected chi connectivity index (χ2v) is 10.9. The highest BCUT2D eigenvalue weighted by atomic mass is 16.4. The van der Waals surface area contributed by atoms with Gasteiger partial charge in [-0.25, -0.2) is 4.99 Å². The van der Waals surface area contributed by atoms with Crippen molar-refractivity contribution in [3.05, 3.63) is 72.3 Å². The molecule has 2 amide bonds. The van der Waals surface area contributed by atoms with Gasteiger partial charge in [0.15, 0.2) is 0 Å². The molecule has 0 bridgehead atoms. The van der Waals surface area contributed by atoms with Gasteiger partial charge in [0.1, 0.15) is 0 Å². The predicted octanol–water partition coefficient (Wildman–Crippen LogP) is 3.51. The Balaban J connectivity index is 1.91. The van der Waals surface area contributed by atoms with Crippen molar-refractivity contribution in [3.8, 4) is 0 Å². The molecule has 0 spiro atoms. The lowest BCUT2D eigenvalue weighted by atomic mass is 10.0. The van der Waals surface area contributed by atoms with Crippen molar-refractivity contribution in [1.82, 2.24) is 15.3 Å². The summed E-state index contributed by atoms with van der Waals surface area (Å²) in [5.41, 5.74) is 9.15. The van der Waals surface area contributed by atoms with Crippen LogP contribution in [0.3, 0.4) is 0 Å². The van der Waals surface area contributed by atoms with Gasteiger partial charge >= 0.3 is 11.9 Å². The normalized spacial score (nSPS) is 17.2. The van der Waals surface area contributed by atoms with E-state index in [0.29, 0.717) is 46.4 Å². The molecule has 2 aromatic rings. The second-order valence-electron chi connectivity index (χ2n) is 10.9. The number of carboxylic acids is 2. The van der Waals surface area contributed by atoms with Gasteiger partial charge in [0, 0.05) is 51.8 Å². The van der Waals surface area contributed by atoms with Crippen molar-refractivity contribution < 1.29 is 29.4 Å². The first-order chi connectivity index (χ1) is 20.4. The van der Waals surface area contributed by atoms with Crippen LogP contribution in [0.1, 0.15) is 87.0 Å². The van der Waals surface area contributed by atoms with Gasteiger partial charge in [0.2, 0.25) is 0 Å². The number of carbonyl (C=O) groups is 4. The lowest BCUT2D eigenvalue weighted by Crippen LogP contribution is -2.15. The third-order valence-corrected chi connectivity index (χ3v) is 8.33. The average molecular weight is 587 g/mol. The minimum absolute atomic E-state index is 0.0701. The molecule has 2 aliphatic heterocycles. The molecule has 4 rings (SSSR count). The van der Waals surface area contributed by atoms with E-state index in [2.05, 4.69) is 20.3 Å². The Morgan fingerprint density at radius 2 is 1.37 bits per heavy atom. The summed E-state index contributed by atoms with van der Waals surface area (Å²) >= 11 is 0. The fourth-order valence-electron chi connectivity index (χ4n) is 5.77. The van der Waals surface area contributed by atoms with Crippen LogP contribution in [0.15, 0.2) is 33.0 Å². The van der Waals surface area contributed by atoms with Gasteiger partial charge in [-0.2, -0.15) is 0 Å². The molecule has 0 atom stereocenters. The van der Waals surface area contributed by atoms with Crippen molar-refractivity contribution >= 4 is 47.7 Å². The lowest BCUT2D eigenvalue weighted by molar-refractivity contribution is -0.138. The Morgan fingerprint density at radius 3 is 1.95 bits per heavy atom. The molecule has 2 aromatic heterocycles. The van der Waals surface area contributed by atoms with Crippen molar-refractivity contribution in [1.29, 1.82) is 0 Å². The number of nitrogens with one attached hydrogen (secondary N) is 3. The molecule has 5 N–H and O–H groups in total. The first-order valence-corrected chi connectivity index (χ1v) is 14.5. The van der Waals surface area contributed by atoms with E-state index in [1.807, 2.05) is 52.8 Å². The number of aliphatic carboxylic acids is 2. The van der Waals surface area contributed by atoms with E-state index >= 15 is 0 Å². The van der Waals surface area contributed by atoms with Gasteiger partial charge in [0.05, 0.1) is 5.71 Å². The average Bonchev–Trinajstić information content (AvgIpc) is 3.59. The van der Waals surface area contributed by atoms with Crippen LogP contribution in [0.5, 0.6) is 0 Å². The highest BCUT2D eigenvalue weighted by Gasteiger charge is 2.24. The van der Waals surface area contributed by atoms with Crippen molar-refractivity contribution in [2.24, 2.45) is 4.99 Å². The lowest BCUT2D eigenvalue weighted by Gasteiger charge is -2.04. The fraction of sp³-hybridized carbons (Fsp3) is 0.364. The van der Waals surface area contributed by atoms with E-state index < -0.39 is 11.9 Å². The summed E-state index contributed by atoms with van der Waals surface area (Å²) in [5.74, 6) is -2.22. The molecule has 4 heterocycles. The summed E-state index contributed by atoms with van der Waals surface area (Å²) in [7, 11) is 0. The Bertz CT molecular complexity index is 1790. The molecule has 0 fully saturated rings. The Hall–Kier alpha value is -4.73. The van der Waals surface area contributed by atoms with E-state index in [1.54, 1.807) is 6.92 Å². The number of amides is 2. The number of carbonyl (C=O) groups excluding carboxylic acids is 2. The van der Waals surface area contributed by atoms with Crippen LogP contribution < -0.4 is 16.0 Å². The van der Waals surface area contributed by atoms with Gasteiger partial charge in [-0.15, -0.1) is 0 Å². The molecule has 43 heavy (non-hydrogen) atoms. The van der Waals surface area contributed by atoms with Crippen LogP contribution in [0.25, 0.3) is 18.2 Å². The molecule has 2 aliphatic rings. The molecule has 0 saturated heterocycles. The summed E-state index contributed by atoms with van der Waals surface area (Å²) < 4.78 is 0. The summed E-state index contributed by atoms with van der Waals surface area (Å²) in [5, 5.41) is 23.2. The first-order valence-electron chi connectivity index (χ1n) is 14.5. The fourth-order valence-corrected chi connectivity index (χ4v) is 5.77. The number of H-pyrrole nitrogens is 2. The van der Waals surface area contributed by atoms with Crippen LogP contribution >= 0.6 is 0 Å². The zero-order chi connectivity index (χ0) is 31.6. The quantitative estimate of drug-likeness (QED) is 0.270. The second kappa shape index (κ2) is 12.6. The summed E-state index contributed by atoms with van der Waals surface area (Å²) in [6.07, 6.45) is 7.25. The Labute approximate surface area is 249 Å². The third-order valence-electron chi connectivity index (χ3n) is 8.33. The van der Waals surface area contributed by atoms with Crippen molar-refractivity contribution in [2.75, 3.05) is 0 Å². The molecule has 0 aliphatic carbocycles. The van der Waals surface area contributed by atoms with Crippen LogP contribution in [0.4, 0.5) is 0 Å². The van der Waals surface area contributed by atoms with Crippen molar-refractivity contribution in [2.45, 2.75) is 80.1 Å². The minimum atomic E-state index is -0.922. The monoisotopic (exact) mass is 586 g/mol. The number of hydrogen-bond acceptors (Lipinski definition) is 4. The zero-order valence-electron chi connectivity index (χ0n) is 25.4. The van der Waals surface area contributed by atoms with Crippen LogP contribution in [-0.4, -0.2) is 49.6 Å². The third kappa shape index (κ3) is 6.38. The number of allylic oxidation sites excluding steroid dienone is 2. The molecular formula is C33H38N4O6. The number of carboxylic acid groups (broad SMARTS) is 2. The van der Waals surface area contributed by atoms with Gasteiger partial charge < -0.3 is 25.5 Å². The van der Waals surface area contributed by atoms with Gasteiger partial charge in [-0.1, -0.05) is 13.8 Å². The number of hydrogen-bond donors (Lipinski definition) is 5. The topological polar surface area (TPSA) is 165 Å². The number of aromatic nitrogens is 2. The van der Waals surface area contributed by atoms with E-state index in [-0.39, 0.29) is 37.5 Å². The summed E-state index contributed by atoms with van der Waals surface area (Å²) in [4.78, 5) is 58.7. The van der Waals surface area contributed by atoms with Crippen LogP contribution in [0.2, 0.25) is 0 Å². The van der Waals surface area contributed by atoms with Gasteiger partial charge in [-0.3, -0.25) is 19.2 Å². The van der Waals surface area contributed by atoms with Crippen LogP contribution in [-0.2, 0) is 32.0 Å². The minimum Gasteiger partial charge on any atom is -0.481 e. The molecule has 0 aromatic carbocycles. The van der Waals surface area contributed by atoms with E-state index in [9.17, 15) is 29.4 Å². The largest absolute Gasteiger partial charge is 0.481 e. The molecular weight excluding hydrogens is 548 g/mol. The first kappa shape index (κ1) is 31.2. The maximum Gasteiger partial charge on any atom is 0.303 e. The predicted molar refractivity (Wildman–Crippen MR) is 165 cm³/mol. The van der Waals surface area contributed by atoms with Crippen LogP contribution in [0, 0.1) is 13.8 Å². The molecule has 0 radical (unpaired) electrons. The van der Waals surface area contributed by atoms with E-state index in [4.69, 9.17) is 0 Å².